The van der Waals surface area contributed by atoms with Gasteiger partial charge in [0.05, 0.1) is 12.7 Å². The highest BCUT2D eigenvalue weighted by molar-refractivity contribution is 8.67. The molecule has 0 fully saturated rings. The van der Waals surface area contributed by atoms with Crippen molar-refractivity contribution >= 4 is 28.5 Å². The topological polar surface area (TPSA) is 59.8 Å². The van der Waals surface area contributed by atoms with Crippen LogP contribution in [0.2, 0.25) is 0 Å². The Morgan fingerprint density at radius 1 is 1.79 bits per heavy atom. The first-order chi connectivity index (χ1) is 6.63. The quantitative estimate of drug-likeness (QED) is 0.598. The van der Waals surface area contributed by atoms with Gasteiger partial charge in [-0.15, -0.1) is 5.10 Å². The molecule has 0 saturated heterocycles. The predicted molar refractivity (Wildman–Crippen MR) is 58.7 cm³/mol. The molecule has 0 unspecified atom stereocenters. The number of hydrogen-bond donors (Lipinski definition) is 2. The van der Waals surface area contributed by atoms with Crippen LogP contribution in [0.3, 0.4) is 0 Å². The number of aromatic nitrogens is 3. The van der Waals surface area contributed by atoms with E-state index in [9.17, 15) is 4.79 Å². The van der Waals surface area contributed by atoms with Crippen molar-refractivity contribution in [1.82, 2.24) is 19.7 Å². The Kier molecular flexibility index (Phi) is 4.27. The zero-order valence-electron chi connectivity index (χ0n) is 7.97. The molecule has 1 heterocycles. The van der Waals surface area contributed by atoms with Gasteiger partial charge in [-0.1, -0.05) is 30.7 Å². The molecule has 0 aromatic carbocycles. The predicted octanol–water partition coefficient (Wildman–Crippen LogP) is 0.891. The Bertz CT molecular complexity index is 312. The number of carbonyl (C=O) groups excluding carboxylic acids is 1. The van der Waals surface area contributed by atoms with E-state index in [0.717, 1.165) is 16.7 Å². The number of nitrogens with zero attached hydrogens (tertiary/aromatic N) is 3. The average Bonchev–Trinajstić information content (AvgIpc) is 2.61. The van der Waals surface area contributed by atoms with E-state index in [-0.39, 0.29) is 11.8 Å². The maximum absolute atomic E-state index is 11.2. The number of thiol groups is 1. The molecule has 0 bridgehead atoms. The van der Waals surface area contributed by atoms with Crippen LogP contribution >= 0.6 is 22.6 Å². The monoisotopic (exact) mass is 232 g/mol. The largest absolute Gasteiger partial charge is 0.350 e. The Morgan fingerprint density at radius 2 is 2.50 bits per heavy atom. The van der Waals surface area contributed by atoms with Crippen molar-refractivity contribution in [2.45, 2.75) is 20.4 Å². The first kappa shape index (κ1) is 11.4. The van der Waals surface area contributed by atoms with Gasteiger partial charge in [0.15, 0.2) is 0 Å². The van der Waals surface area contributed by atoms with Crippen LogP contribution in [-0.2, 0) is 11.3 Å². The van der Waals surface area contributed by atoms with Crippen LogP contribution in [0, 0.1) is 5.92 Å². The van der Waals surface area contributed by atoms with Gasteiger partial charge in [-0.25, -0.2) is 0 Å². The van der Waals surface area contributed by atoms with E-state index in [2.05, 4.69) is 27.3 Å². The molecule has 0 aliphatic rings. The Hall–Kier alpha value is -0.690. The fourth-order valence-electron chi connectivity index (χ4n) is 0.783. The summed E-state index contributed by atoms with van der Waals surface area (Å²) in [5.74, 6) is 0.00220. The summed E-state index contributed by atoms with van der Waals surface area (Å²) >= 11 is 3.95. The minimum atomic E-state index is -0.00991. The highest BCUT2D eigenvalue weighted by atomic mass is 33.1. The van der Waals surface area contributed by atoms with E-state index < -0.39 is 0 Å². The smallest absolute Gasteiger partial charge is 0.222 e. The van der Waals surface area contributed by atoms with Crippen LogP contribution in [0.4, 0.5) is 0 Å². The lowest BCUT2D eigenvalue weighted by Crippen LogP contribution is -2.27. The fourth-order valence-corrected chi connectivity index (χ4v) is 1.26. The van der Waals surface area contributed by atoms with Crippen LogP contribution < -0.4 is 5.32 Å². The Morgan fingerprint density at radius 3 is 3.00 bits per heavy atom. The summed E-state index contributed by atoms with van der Waals surface area (Å²) < 4.78 is 1.51. The van der Waals surface area contributed by atoms with Crippen molar-refractivity contribution in [3.63, 3.8) is 0 Å². The molecule has 1 N–H and O–H groups in total. The number of nitrogens with one attached hydrogen (secondary N) is 1. The summed E-state index contributed by atoms with van der Waals surface area (Å²) in [6, 6.07) is 0. The van der Waals surface area contributed by atoms with Gasteiger partial charge in [-0.3, -0.25) is 4.79 Å². The van der Waals surface area contributed by atoms with Crippen molar-refractivity contribution in [2.24, 2.45) is 5.92 Å². The normalized spacial score (nSPS) is 10.6. The minimum Gasteiger partial charge on any atom is -0.350 e. The maximum atomic E-state index is 11.2. The number of rotatable bonds is 4. The first-order valence-electron chi connectivity index (χ1n) is 4.14. The third-order valence-electron chi connectivity index (χ3n) is 1.57. The van der Waals surface area contributed by atoms with Crippen molar-refractivity contribution in [3.05, 3.63) is 11.9 Å². The molecule has 7 heteroatoms. The molecule has 78 valence electrons. The molecule has 0 aliphatic heterocycles. The summed E-state index contributed by atoms with van der Waals surface area (Å²) in [7, 11) is 1.15. The second-order valence-electron chi connectivity index (χ2n) is 3.07. The number of carbonyl (C=O) groups is 1. The first-order valence-corrected chi connectivity index (χ1v) is 5.97. The molecule has 0 saturated carbocycles. The SMILES string of the molecule is CC(C)C(=O)NCc1cn(SS)nn1. The molecule has 1 aromatic heterocycles. The van der Waals surface area contributed by atoms with Crippen molar-refractivity contribution in [1.29, 1.82) is 0 Å². The van der Waals surface area contributed by atoms with Gasteiger partial charge in [0.25, 0.3) is 0 Å². The molecule has 5 nitrogen and oxygen atoms in total. The third kappa shape index (κ3) is 3.22. The summed E-state index contributed by atoms with van der Waals surface area (Å²) in [5, 5.41) is 10.4. The second kappa shape index (κ2) is 5.26. The molecule has 0 atom stereocenters. The van der Waals surface area contributed by atoms with E-state index >= 15 is 0 Å². The van der Waals surface area contributed by atoms with Crippen LogP contribution in [0.1, 0.15) is 19.5 Å². The van der Waals surface area contributed by atoms with Crippen LogP contribution in [0.15, 0.2) is 6.20 Å². The van der Waals surface area contributed by atoms with E-state index in [1.165, 1.54) is 4.09 Å². The third-order valence-corrected chi connectivity index (χ3v) is 2.42. The number of amides is 1. The fraction of sp³-hybridized carbons (Fsp3) is 0.571. The summed E-state index contributed by atoms with van der Waals surface area (Å²) in [5.41, 5.74) is 0.723. The Labute approximate surface area is 91.6 Å². The zero-order valence-corrected chi connectivity index (χ0v) is 9.68. The van der Waals surface area contributed by atoms with Crippen molar-refractivity contribution < 1.29 is 4.79 Å². The van der Waals surface area contributed by atoms with Crippen molar-refractivity contribution in [2.75, 3.05) is 0 Å². The standard InChI is InChI=1S/C7H12N4OS2/c1-5(2)7(12)8-3-6-4-11(14-13)10-9-6/h4-5,13H,3H2,1-2H3,(H,8,12). The molecule has 0 radical (unpaired) electrons. The lowest BCUT2D eigenvalue weighted by Gasteiger charge is -2.04. The minimum absolute atomic E-state index is 0.00991. The van der Waals surface area contributed by atoms with Crippen LogP contribution in [-0.4, -0.2) is 20.3 Å². The van der Waals surface area contributed by atoms with Gasteiger partial charge < -0.3 is 5.32 Å². The van der Waals surface area contributed by atoms with E-state index in [1.54, 1.807) is 6.20 Å². The van der Waals surface area contributed by atoms with Gasteiger partial charge in [-0.05, 0) is 0 Å². The maximum Gasteiger partial charge on any atom is 0.222 e. The molecule has 1 aromatic rings. The van der Waals surface area contributed by atoms with Gasteiger partial charge >= 0.3 is 0 Å². The lowest BCUT2D eigenvalue weighted by atomic mass is 10.2. The average molecular weight is 232 g/mol. The molecule has 14 heavy (non-hydrogen) atoms. The van der Waals surface area contributed by atoms with Crippen LogP contribution in [0.25, 0.3) is 0 Å². The van der Waals surface area contributed by atoms with Crippen LogP contribution in [0.5, 0.6) is 0 Å². The molecular weight excluding hydrogens is 220 g/mol. The highest BCUT2D eigenvalue weighted by Gasteiger charge is 2.07. The molecule has 0 aliphatic carbocycles. The van der Waals surface area contributed by atoms with Crippen molar-refractivity contribution in [3.8, 4) is 0 Å². The summed E-state index contributed by atoms with van der Waals surface area (Å²) in [6.45, 7) is 4.09. The van der Waals surface area contributed by atoms with Gasteiger partial charge in [-0.2, -0.15) is 4.09 Å². The van der Waals surface area contributed by atoms with Gasteiger partial charge in [0, 0.05) is 16.9 Å². The number of hydrogen-bond acceptors (Lipinski definition) is 5. The second-order valence-corrected chi connectivity index (χ2v) is 4.09. The molecule has 1 amide bonds. The highest BCUT2D eigenvalue weighted by Crippen LogP contribution is 2.07. The van der Waals surface area contributed by atoms with Gasteiger partial charge in [0.1, 0.15) is 5.69 Å². The summed E-state index contributed by atoms with van der Waals surface area (Å²) in [6.07, 6.45) is 1.72. The Balaban J connectivity index is 2.41. The zero-order chi connectivity index (χ0) is 10.6. The molecule has 1 rings (SSSR count). The lowest BCUT2D eigenvalue weighted by molar-refractivity contribution is -0.124. The van der Waals surface area contributed by atoms with E-state index in [1.807, 2.05) is 13.8 Å². The van der Waals surface area contributed by atoms with Gasteiger partial charge in [0.2, 0.25) is 5.91 Å². The molecular formula is C7H12N4OS2. The van der Waals surface area contributed by atoms with E-state index in [0.29, 0.717) is 6.54 Å². The van der Waals surface area contributed by atoms with E-state index in [4.69, 9.17) is 0 Å². The summed E-state index contributed by atoms with van der Waals surface area (Å²) in [4.78, 5) is 11.2. The molecule has 0 spiro atoms.